The number of rotatable bonds is 3. The third-order valence-corrected chi connectivity index (χ3v) is 6.51. The number of sulfonamides is 1. The van der Waals surface area contributed by atoms with Crippen molar-refractivity contribution in [1.82, 2.24) is 0 Å². The lowest BCUT2D eigenvalue weighted by Gasteiger charge is -2.18. The number of halogens is 1. The van der Waals surface area contributed by atoms with Crippen LogP contribution < -0.4 is 9.62 Å². The highest BCUT2D eigenvalue weighted by molar-refractivity contribution is 7.93. The predicted molar refractivity (Wildman–Crippen MR) is 87.8 cm³/mol. The molecule has 1 saturated carbocycles. The first kappa shape index (κ1) is 15.6. The van der Waals surface area contributed by atoms with E-state index in [9.17, 15) is 13.2 Å². The van der Waals surface area contributed by atoms with Crippen molar-refractivity contribution < 1.29 is 13.2 Å². The Morgan fingerprint density at radius 1 is 1.23 bits per heavy atom. The van der Waals surface area contributed by atoms with E-state index in [-0.39, 0.29) is 17.6 Å². The van der Waals surface area contributed by atoms with Gasteiger partial charge in [-0.3, -0.25) is 9.10 Å². The zero-order chi connectivity index (χ0) is 15.7. The number of hydrogen-bond acceptors (Lipinski definition) is 3. The summed E-state index contributed by atoms with van der Waals surface area (Å²) in [6.07, 6.45) is 4.66. The van der Waals surface area contributed by atoms with Gasteiger partial charge >= 0.3 is 0 Å². The standard InChI is InChI=1S/C15H19ClN2O3S/c16-13-10-12(18-8-3-9-22(18,20)21)6-7-14(13)17-15(19)11-4-1-2-5-11/h6-7,10-11H,1-5,8-9H2,(H,17,19). The molecule has 120 valence electrons. The molecular weight excluding hydrogens is 324 g/mol. The van der Waals surface area contributed by atoms with Crippen LogP contribution in [0.25, 0.3) is 0 Å². The number of benzene rings is 1. The highest BCUT2D eigenvalue weighted by atomic mass is 35.5. The van der Waals surface area contributed by atoms with Crippen molar-refractivity contribution in [3.63, 3.8) is 0 Å². The first-order valence-corrected chi connectivity index (χ1v) is 9.57. The molecule has 1 aliphatic carbocycles. The smallest absolute Gasteiger partial charge is 0.235 e. The molecule has 0 aromatic heterocycles. The van der Waals surface area contributed by atoms with Gasteiger partial charge in [-0.25, -0.2) is 8.42 Å². The van der Waals surface area contributed by atoms with E-state index in [0.717, 1.165) is 25.7 Å². The number of anilines is 2. The summed E-state index contributed by atoms with van der Waals surface area (Å²) in [6.45, 7) is 0.479. The van der Waals surface area contributed by atoms with Crippen LogP contribution in [0.5, 0.6) is 0 Å². The molecule has 1 heterocycles. The van der Waals surface area contributed by atoms with Gasteiger partial charge in [0.05, 0.1) is 22.2 Å². The summed E-state index contributed by atoms with van der Waals surface area (Å²) in [5, 5.41) is 3.22. The van der Waals surface area contributed by atoms with Crippen LogP contribution in [0.4, 0.5) is 11.4 Å². The topological polar surface area (TPSA) is 66.5 Å². The van der Waals surface area contributed by atoms with E-state index in [4.69, 9.17) is 11.6 Å². The minimum absolute atomic E-state index is 0.000874. The zero-order valence-electron chi connectivity index (χ0n) is 12.2. The third kappa shape index (κ3) is 3.08. The Morgan fingerprint density at radius 3 is 2.55 bits per heavy atom. The van der Waals surface area contributed by atoms with Crippen LogP contribution in [-0.2, 0) is 14.8 Å². The first-order valence-electron chi connectivity index (χ1n) is 7.58. The predicted octanol–water partition coefficient (Wildman–Crippen LogP) is 3.01. The van der Waals surface area contributed by atoms with Gasteiger partial charge in [-0.15, -0.1) is 0 Å². The average Bonchev–Trinajstić information content (AvgIpc) is 3.10. The number of carbonyl (C=O) groups excluding carboxylic acids is 1. The van der Waals surface area contributed by atoms with E-state index in [1.165, 1.54) is 4.31 Å². The maximum atomic E-state index is 12.1. The van der Waals surface area contributed by atoms with Crippen LogP contribution in [-0.4, -0.2) is 26.6 Å². The Hall–Kier alpha value is -1.27. The van der Waals surface area contributed by atoms with Gasteiger partial charge in [-0.05, 0) is 37.5 Å². The van der Waals surface area contributed by atoms with Crippen LogP contribution >= 0.6 is 11.6 Å². The van der Waals surface area contributed by atoms with Crippen LogP contribution in [0, 0.1) is 5.92 Å². The van der Waals surface area contributed by atoms with Crippen LogP contribution in [0.1, 0.15) is 32.1 Å². The maximum Gasteiger partial charge on any atom is 0.235 e. The van der Waals surface area contributed by atoms with Gasteiger partial charge in [-0.2, -0.15) is 0 Å². The van der Waals surface area contributed by atoms with Crippen LogP contribution in [0.3, 0.4) is 0 Å². The lowest BCUT2D eigenvalue weighted by atomic mass is 10.1. The van der Waals surface area contributed by atoms with Crippen molar-refractivity contribution in [3.05, 3.63) is 23.2 Å². The molecule has 3 rings (SSSR count). The van der Waals surface area contributed by atoms with E-state index < -0.39 is 10.0 Å². The molecular formula is C15H19ClN2O3S. The van der Waals surface area contributed by atoms with E-state index in [1.54, 1.807) is 18.2 Å². The molecule has 0 unspecified atom stereocenters. The Kier molecular flexibility index (Phi) is 4.32. The quantitative estimate of drug-likeness (QED) is 0.918. The number of amides is 1. The summed E-state index contributed by atoms with van der Waals surface area (Å²) in [7, 11) is -3.22. The van der Waals surface area contributed by atoms with Crippen molar-refractivity contribution in [2.24, 2.45) is 5.92 Å². The molecule has 1 saturated heterocycles. The molecule has 2 fully saturated rings. The van der Waals surface area contributed by atoms with Crippen molar-refractivity contribution in [2.75, 3.05) is 21.9 Å². The fourth-order valence-corrected chi connectivity index (χ4v) is 4.89. The van der Waals surface area contributed by atoms with Gasteiger partial charge in [0.25, 0.3) is 0 Å². The molecule has 7 heteroatoms. The Bertz CT molecular complexity index is 684. The maximum absolute atomic E-state index is 12.1. The summed E-state index contributed by atoms with van der Waals surface area (Å²) in [4.78, 5) is 12.1. The SMILES string of the molecule is O=C(Nc1ccc(N2CCCS2(=O)=O)cc1Cl)C1CCCC1. The van der Waals surface area contributed by atoms with E-state index in [1.807, 2.05) is 0 Å². The number of nitrogens with zero attached hydrogens (tertiary/aromatic N) is 1. The first-order chi connectivity index (χ1) is 10.5. The molecule has 0 spiro atoms. The summed E-state index contributed by atoms with van der Waals surface area (Å²) in [5.41, 5.74) is 1.10. The van der Waals surface area contributed by atoms with Crippen molar-refractivity contribution in [2.45, 2.75) is 32.1 Å². The van der Waals surface area contributed by atoms with E-state index >= 15 is 0 Å². The minimum Gasteiger partial charge on any atom is -0.325 e. The Balaban J connectivity index is 1.76. The summed E-state index contributed by atoms with van der Waals surface area (Å²) in [5.74, 6) is 0.237. The van der Waals surface area contributed by atoms with Gasteiger partial charge in [0.15, 0.2) is 0 Å². The second kappa shape index (κ2) is 6.08. The highest BCUT2D eigenvalue weighted by Crippen LogP contribution is 2.32. The van der Waals surface area contributed by atoms with Crippen LogP contribution in [0.15, 0.2) is 18.2 Å². The molecule has 1 aromatic rings. The van der Waals surface area contributed by atoms with E-state index in [2.05, 4.69) is 5.32 Å². The lowest BCUT2D eigenvalue weighted by Crippen LogP contribution is -2.25. The van der Waals surface area contributed by atoms with Gasteiger partial charge in [0.1, 0.15) is 0 Å². The fraction of sp³-hybridized carbons (Fsp3) is 0.533. The van der Waals surface area contributed by atoms with Gasteiger partial charge in [0.2, 0.25) is 15.9 Å². The molecule has 0 radical (unpaired) electrons. The second-order valence-corrected chi connectivity index (χ2v) is 8.30. The second-order valence-electron chi connectivity index (χ2n) is 5.88. The molecule has 1 amide bonds. The van der Waals surface area contributed by atoms with Crippen molar-refractivity contribution in [1.29, 1.82) is 0 Å². The largest absolute Gasteiger partial charge is 0.325 e. The molecule has 0 atom stereocenters. The Labute approximate surface area is 135 Å². The van der Waals surface area contributed by atoms with E-state index in [0.29, 0.717) is 29.4 Å². The highest BCUT2D eigenvalue weighted by Gasteiger charge is 2.29. The molecule has 2 aliphatic rings. The molecule has 1 aliphatic heterocycles. The van der Waals surface area contributed by atoms with Crippen LogP contribution in [0.2, 0.25) is 5.02 Å². The van der Waals surface area contributed by atoms with Gasteiger partial charge < -0.3 is 5.32 Å². The summed E-state index contributed by atoms with van der Waals surface area (Å²) < 4.78 is 25.2. The summed E-state index contributed by atoms with van der Waals surface area (Å²) >= 11 is 6.22. The summed E-state index contributed by atoms with van der Waals surface area (Å²) in [6, 6.07) is 4.98. The molecule has 1 aromatic carbocycles. The lowest BCUT2D eigenvalue weighted by molar-refractivity contribution is -0.119. The average molecular weight is 343 g/mol. The monoisotopic (exact) mass is 342 g/mol. The zero-order valence-corrected chi connectivity index (χ0v) is 13.8. The molecule has 1 N–H and O–H groups in total. The minimum atomic E-state index is -3.22. The third-order valence-electron chi connectivity index (χ3n) is 4.32. The Morgan fingerprint density at radius 2 is 1.95 bits per heavy atom. The van der Waals surface area contributed by atoms with Crippen molar-refractivity contribution >= 4 is 38.9 Å². The molecule has 5 nitrogen and oxygen atoms in total. The fourth-order valence-electron chi connectivity index (χ4n) is 3.11. The van der Waals surface area contributed by atoms with Crippen molar-refractivity contribution in [3.8, 4) is 0 Å². The molecule has 0 bridgehead atoms. The number of nitrogens with one attached hydrogen (secondary N) is 1. The number of carbonyl (C=O) groups is 1. The van der Waals surface area contributed by atoms with Gasteiger partial charge in [0, 0.05) is 12.5 Å². The normalized spacial score (nSPS) is 21.2. The van der Waals surface area contributed by atoms with Gasteiger partial charge in [-0.1, -0.05) is 24.4 Å². The molecule has 22 heavy (non-hydrogen) atoms. The number of hydrogen-bond donors (Lipinski definition) is 1.